The van der Waals surface area contributed by atoms with E-state index in [4.69, 9.17) is 21.3 Å². The van der Waals surface area contributed by atoms with Crippen LogP contribution in [0.15, 0.2) is 79.1 Å². The molecule has 1 aliphatic heterocycles. The van der Waals surface area contributed by atoms with Gasteiger partial charge in [0.25, 0.3) is 0 Å². The first-order valence-corrected chi connectivity index (χ1v) is 14.1. The molecule has 1 aliphatic rings. The van der Waals surface area contributed by atoms with Crippen molar-refractivity contribution in [1.29, 1.82) is 0 Å². The van der Waals surface area contributed by atoms with Crippen molar-refractivity contribution in [2.45, 2.75) is 12.5 Å². The Balaban J connectivity index is 1.36. The smallest absolute Gasteiger partial charge is 0.215 e. The predicted molar refractivity (Wildman–Crippen MR) is 158 cm³/mol. The average molecular weight is 558 g/mol. The first kappa shape index (κ1) is 25.6. The number of imidazole rings is 1. The summed E-state index contributed by atoms with van der Waals surface area (Å²) in [5.74, 6) is 0.787. The number of halogens is 1. The second-order valence-corrected chi connectivity index (χ2v) is 11.0. The molecule has 1 saturated heterocycles. The van der Waals surface area contributed by atoms with Crippen LogP contribution in [-0.2, 0) is 23.0 Å². The van der Waals surface area contributed by atoms with Crippen molar-refractivity contribution in [2.24, 2.45) is 7.05 Å². The van der Waals surface area contributed by atoms with Gasteiger partial charge in [0.1, 0.15) is 11.9 Å². The van der Waals surface area contributed by atoms with Crippen LogP contribution in [0.5, 0.6) is 0 Å². The highest BCUT2D eigenvalue weighted by Gasteiger charge is 2.28. The standard InChI is InChI=1S/C30H28ClN5O2S/c1-34-27(21-5-8-25(9-6-21)35-12-14-38-15-13-35)19-33-30(34)26(18-24-4-2-3-11-32-24)36(20-37)29-17-22-16-23(31)7-10-28(22)39-29/h2-11,16-17,19-20,26H,12-15,18H2,1H3. The molecule has 1 amide bonds. The molecule has 7 nitrogen and oxygen atoms in total. The minimum absolute atomic E-state index is 0.354. The van der Waals surface area contributed by atoms with Crippen LogP contribution in [0.25, 0.3) is 21.3 Å². The first-order valence-electron chi connectivity index (χ1n) is 12.9. The van der Waals surface area contributed by atoms with Gasteiger partial charge in [-0.2, -0.15) is 0 Å². The van der Waals surface area contributed by atoms with E-state index in [0.717, 1.165) is 70.6 Å². The molecule has 198 valence electrons. The Hall–Kier alpha value is -3.72. The Morgan fingerprint density at radius 2 is 1.90 bits per heavy atom. The maximum atomic E-state index is 12.7. The number of aromatic nitrogens is 3. The van der Waals surface area contributed by atoms with E-state index in [1.54, 1.807) is 22.4 Å². The molecule has 0 saturated carbocycles. The van der Waals surface area contributed by atoms with Crippen molar-refractivity contribution in [3.8, 4) is 11.3 Å². The molecule has 9 heteroatoms. The second-order valence-electron chi connectivity index (χ2n) is 9.53. The van der Waals surface area contributed by atoms with Gasteiger partial charge >= 0.3 is 0 Å². The maximum absolute atomic E-state index is 12.7. The van der Waals surface area contributed by atoms with E-state index in [-0.39, 0.29) is 6.04 Å². The Bertz CT molecular complexity index is 1580. The van der Waals surface area contributed by atoms with Gasteiger partial charge in [-0.05, 0) is 59.5 Å². The van der Waals surface area contributed by atoms with Crippen molar-refractivity contribution < 1.29 is 9.53 Å². The summed E-state index contributed by atoms with van der Waals surface area (Å²) in [5.41, 5.74) is 4.13. The monoisotopic (exact) mass is 557 g/mol. The van der Waals surface area contributed by atoms with Crippen LogP contribution in [-0.4, -0.2) is 47.2 Å². The lowest BCUT2D eigenvalue weighted by atomic mass is 10.1. The zero-order chi connectivity index (χ0) is 26.8. The van der Waals surface area contributed by atoms with Gasteiger partial charge in [-0.3, -0.25) is 14.7 Å². The van der Waals surface area contributed by atoms with E-state index < -0.39 is 0 Å². The number of thiophene rings is 1. The number of hydrogen-bond acceptors (Lipinski definition) is 6. The molecule has 0 aliphatic carbocycles. The van der Waals surface area contributed by atoms with Gasteiger partial charge in [0.15, 0.2) is 0 Å². The molecule has 5 aromatic rings. The van der Waals surface area contributed by atoms with Crippen LogP contribution in [0.4, 0.5) is 10.7 Å². The molecular formula is C30H28ClN5O2S. The number of morpholine rings is 1. The summed E-state index contributed by atoms with van der Waals surface area (Å²) in [5, 5.41) is 2.51. The van der Waals surface area contributed by atoms with Crippen LogP contribution in [0.2, 0.25) is 5.02 Å². The lowest BCUT2D eigenvalue weighted by Crippen LogP contribution is -2.36. The van der Waals surface area contributed by atoms with Crippen LogP contribution >= 0.6 is 22.9 Å². The summed E-state index contributed by atoms with van der Waals surface area (Å²) in [6.07, 6.45) is 5.08. The van der Waals surface area contributed by atoms with Crippen molar-refractivity contribution in [1.82, 2.24) is 14.5 Å². The van der Waals surface area contributed by atoms with E-state index in [1.807, 2.05) is 55.7 Å². The number of carbonyl (C=O) groups excluding carboxylic acids is 1. The summed E-state index contributed by atoms with van der Waals surface area (Å²) in [7, 11) is 2.01. The van der Waals surface area contributed by atoms with Crippen LogP contribution in [0, 0.1) is 0 Å². The number of rotatable bonds is 8. The topological polar surface area (TPSA) is 63.5 Å². The Morgan fingerprint density at radius 1 is 1.08 bits per heavy atom. The highest BCUT2D eigenvalue weighted by Crippen LogP contribution is 2.38. The first-order chi connectivity index (χ1) is 19.1. The quantitative estimate of drug-likeness (QED) is 0.215. The van der Waals surface area contributed by atoms with Crippen LogP contribution in [0.1, 0.15) is 17.6 Å². The number of fused-ring (bicyclic) bond motifs is 1. The zero-order valence-corrected chi connectivity index (χ0v) is 23.1. The molecule has 0 bridgehead atoms. The zero-order valence-electron chi connectivity index (χ0n) is 21.5. The maximum Gasteiger partial charge on any atom is 0.215 e. The van der Waals surface area contributed by atoms with E-state index in [2.05, 4.69) is 38.7 Å². The average Bonchev–Trinajstić information content (AvgIpc) is 3.57. The number of anilines is 2. The molecule has 4 heterocycles. The number of pyridine rings is 1. The predicted octanol–water partition coefficient (Wildman–Crippen LogP) is 6.13. The van der Waals surface area contributed by atoms with Gasteiger partial charge < -0.3 is 14.2 Å². The molecular weight excluding hydrogens is 530 g/mol. The highest BCUT2D eigenvalue weighted by atomic mass is 35.5. The van der Waals surface area contributed by atoms with Gasteiger partial charge in [0.2, 0.25) is 6.41 Å². The van der Waals surface area contributed by atoms with E-state index in [1.165, 1.54) is 5.69 Å². The number of ether oxygens (including phenoxy) is 1. The highest BCUT2D eigenvalue weighted by molar-refractivity contribution is 7.23. The number of amides is 1. The third-order valence-electron chi connectivity index (χ3n) is 7.16. The van der Waals surface area contributed by atoms with Crippen LogP contribution < -0.4 is 9.80 Å². The minimum atomic E-state index is -0.354. The fourth-order valence-electron chi connectivity index (χ4n) is 5.10. The molecule has 6 rings (SSSR count). The molecule has 2 aromatic carbocycles. The van der Waals surface area contributed by atoms with Gasteiger partial charge in [-0.25, -0.2) is 4.98 Å². The third kappa shape index (κ3) is 5.28. The number of nitrogens with zero attached hydrogens (tertiary/aromatic N) is 5. The van der Waals surface area contributed by atoms with Crippen molar-refractivity contribution >= 4 is 50.1 Å². The van der Waals surface area contributed by atoms with E-state index in [0.29, 0.717) is 11.4 Å². The molecule has 0 spiro atoms. The van der Waals surface area contributed by atoms with E-state index in [9.17, 15) is 4.79 Å². The second kappa shape index (κ2) is 11.2. The van der Waals surface area contributed by atoms with E-state index >= 15 is 0 Å². The Labute approximate surface area is 236 Å². The fourth-order valence-corrected chi connectivity index (χ4v) is 6.34. The summed E-state index contributed by atoms with van der Waals surface area (Å²) in [4.78, 5) is 26.2. The van der Waals surface area contributed by atoms with Gasteiger partial charge in [-0.15, -0.1) is 11.3 Å². The summed E-state index contributed by atoms with van der Waals surface area (Å²) < 4.78 is 8.64. The normalized spacial score (nSPS) is 14.5. The SMILES string of the molecule is Cn1c(-c2ccc(N3CCOCC3)cc2)cnc1C(Cc1ccccn1)N(C=O)c1cc2cc(Cl)ccc2s1. The molecule has 1 fully saturated rings. The molecule has 0 radical (unpaired) electrons. The lowest BCUT2D eigenvalue weighted by molar-refractivity contribution is -0.107. The molecule has 0 N–H and O–H groups in total. The summed E-state index contributed by atoms with van der Waals surface area (Å²) in [6.45, 7) is 3.31. The fraction of sp³-hybridized carbons (Fsp3) is 0.233. The Morgan fingerprint density at radius 3 is 2.64 bits per heavy atom. The lowest BCUT2D eigenvalue weighted by Gasteiger charge is -2.29. The Kier molecular flexibility index (Phi) is 7.32. The van der Waals surface area contributed by atoms with Crippen molar-refractivity contribution in [3.63, 3.8) is 0 Å². The third-order valence-corrected chi connectivity index (χ3v) is 8.52. The van der Waals surface area contributed by atoms with Crippen LogP contribution in [0.3, 0.4) is 0 Å². The van der Waals surface area contributed by atoms with Gasteiger partial charge in [0, 0.05) is 53.9 Å². The van der Waals surface area contributed by atoms with Gasteiger partial charge in [0.05, 0.1) is 30.1 Å². The number of benzene rings is 2. The summed E-state index contributed by atoms with van der Waals surface area (Å²) in [6, 6.07) is 21.8. The molecule has 39 heavy (non-hydrogen) atoms. The largest absolute Gasteiger partial charge is 0.378 e. The molecule has 1 atom stereocenters. The summed E-state index contributed by atoms with van der Waals surface area (Å²) >= 11 is 7.80. The number of hydrogen-bond donors (Lipinski definition) is 0. The van der Waals surface area contributed by atoms with Crippen molar-refractivity contribution in [3.05, 3.63) is 95.7 Å². The van der Waals surface area contributed by atoms with Gasteiger partial charge in [-0.1, -0.05) is 29.8 Å². The minimum Gasteiger partial charge on any atom is -0.378 e. The number of carbonyl (C=O) groups is 1. The molecule has 3 aromatic heterocycles. The van der Waals surface area contributed by atoms with Crippen molar-refractivity contribution in [2.75, 3.05) is 36.1 Å². The molecule has 1 unspecified atom stereocenters.